The maximum Gasteiger partial charge on any atom is 0.231 e. The molecule has 0 spiro atoms. The fourth-order valence-electron chi connectivity index (χ4n) is 1.48. The first-order chi connectivity index (χ1) is 8.15. The van der Waals surface area contributed by atoms with Crippen LogP contribution in [0.25, 0.3) is 0 Å². The first kappa shape index (κ1) is 11.9. The van der Waals surface area contributed by atoms with Crippen molar-refractivity contribution in [3.05, 3.63) is 39.8 Å². The van der Waals surface area contributed by atoms with Gasteiger partial charge in [-0.05, 0) is 38.5 Å². The summed E-state index contributed by atoms with van der Waals surface area (Å²) in [4.78, 5) is 4.13. The highest BCUT2D eigenvalue weighted by Gasteiger charge is 2.11. The summed E-state index contributed by atoms with van der Waals surface area (Å²) in [6.07, 6.45) is 0. The highest BCUT2D eigenvalue weighted by atomic mass is 32.1. The van der Waals surface area contributed by atoms with Gasteiger partial charge < -0.3 is 9.47 Å². The molecule has 0 saturated carbocycles. The highest BCUT2D eigenvalue weighted by Crippen LogP contribution is 2.31. The second-order valence-electron chi connectivity index (χ2n) is 3.86. The van der Waals surface area contributed by atoms with Gasteiger partial charge in [0.15, 0.2) is 11.5 Å². The Morgan fingerprint density at radius 3 is 2.47 bits per heavy atom. The molecule has 2 heterocycles. The molecule has 3 rings (SSSR count). The third-order valence-corrected chi connectivity index (χ3v) is 3.15. The molecule has 0 fully saturated rings. The van der Waals surface area contributed by atoms with Crippen molar-refractivity contribution in [2.24, 2.45) is 0 Å². The maximum absolute atomic E-state index is 5.16. The van der Waals surface area contributed by atoms with Crippen LogP contribution in [0.2, 0.25) is 0 Å². The number of hydrogen-bond donors (Lipinski definition) is 0. The summed E-state index contributed by atoms with van der Waals surface area (Å²) >= 11 is 1.69. The van der Waals surface area contributed by atoms with Crippen LogP contribution in [0.1, 0.15) is 16.3 Å². The molecule has 0 unspecified atom stereocenters. The van der Waals surface area contributed by atoms with E-state index in [4.69, 9.17) is 9.47 Å². The lowest BCUT2D eigenvalue weighted by molar-refractivity contribution is 0.174. The number of thiazole rings is 1. The van der Waals surface area contributed by atoms with E-state index in [1.807, 2.05) is 39.0 Å². The van der Waals surface area contributed by atoms with Crippen LogP contribution >= 0.6 is 11.3 Å². The first-order valence-corrected chi connectivity index (χ1v) is 6.28. The number of rotatable bonds is 0. The zero-order valence-electron chi connectivity index (χ0n) is 10.2. The molecular weight excluding hydrogens is 234 g/mol. The molecule has 1 aliphatic heterocycles. The van der Waals surface area contributed by atoms with E-state index in [2.05, 4.69) is 10.4 Å². The van der Waals surface area contributed by atoms with E-state index in [9.17, 15) is 0 Å². The monoisotopic (exact) mass is 249 g/mol. The zero-order valence-corrected chi connectivity index (χ0v) is 11.0. The quantitative estimate of drug-likeness (QED) is 0.716. The average Bonchev–Trinajstić information content (AvgIpc) is 2.87. The van der Waals surface area contributed by atoms with Crippen LogP contribution in [0.4, 0.5) is 0 Å². The van der Waals surface area contributed by atoms with Crippen molar-refractivity contribution < 1.29 is 9.47 Å². The number of nitrogens with zero attached hydrogens (tertiary/aromatic N) is 1. The summed E-state index contributed by atoms with van der Waals surface area (Å²) in [7, 11) is 0. The maximum atomic E-state index is 5.16. The Hall–Kier alpha value is -1.55. The topological polar surface area (TPSA) is 31.4 Å². The molecule has 0 bridgehead atoms. The molecule has 3 nitrogen and oxygen atoms in total. The van der Waals surface area contributed by atoms with Crippen LogP contribution in [0.5, 0.6) is 11.5 Å². The predicted molar refractivity (Wildman–Crippen MR) is 68.9 cm³/mol. The molecule has 90 valence electrons. The van der Waals surface area contributed by atoms with Gasteiger partial charge in [0.25, 0.3) is 0 Å². The SMILES string of the molecule is Cc1ccc2c(c1)OCO2.Cc1csc(C)n1. The van der Waals surface area contributed by atoms with Crippen LogP contribution in [0.15, 0.2) is 23.6 Å². The van der Waals surface area contributed by atoms with Gasteiger partial charge in [0.2, 0.25) is 6.79 Å². The molecule has 4 heteroatoms. The van der Waals surface area contributed by atoms with Crippen molar-refractivity contribution >= 4 is 11.3 Å². The summed E-state index contributed by atoms with van der Waals surface area (Å²) < 4.78 is 10.3. The average molecular weight is 249 g/mol. The summed E-state index contributed by atoms with van der Waals surface area (Å²) in [6, 6.07) is 5.91. The molecule has 1 aliphatic rings. The Kier molecular flexibility index (Phi) is 3.64. The minimum atomic E-state index is 0.360. The Morgan fingerprint density at radius 2 is 1.88 bits per heavy atom. The van der Waals surface area contributed by atoms with Gasteiger partial charge in [-0.2, -0.15) is 0 Å². The predicted octanol–water partition coefficient (Wildman–Crippen LogP) is 3.48. The van der Waals surface area contributed by atoms with Crippen LogP contribution in [-0.4, -0.2) is 11.8 Å². The van der Waals surface area contributed by atoms with Crippen LogP contribution < -0.4 is 9.47 Å². The molecule has 1 aromatic carbocycles. The van der Waals surface area contributed by atoms with Gasteiger partial charge in [0.05, 0.1) is 5.01 Å². The van der Waals surface area contributed by atoms with Crippen molar-refractivity contribution in [3.63, 3.8) is 0 Å². The molecule has 0 saturated heterocycles. The van der Waals surface area contributed by atoms with E-state index in [-0.39, 0.29) is 0 Å². The lowest BCUT2D eigenvalue weighted by Gasteiger charge is -1.94. The molecule has 0 aliphatic carbocycles. The zero-order chi connectivity index (χ0) is 12.3. The van der Waals surface area contributed by atoms with Crippen molar-refractivity contribution in [2.45, 2.75) is 20.8 Å². The molecule has 1 aromatic heterocycles. The number of ether oxygens (including phenoxy) is 2. The van der Waals surface area contributed by atoms with Gasteiger partial charge in [-0.1, -0.05) is 6.07 Å². The second kappa shape index (κ2) is 5.19. The van der Waals surface area contributed by atoms with Gasteiger partial charge in [-0.3, -0.25) is 0 Å². The van der Waals surface area contributed by atoms with Crippen LogP contribution in [-0.2, 0) is 0 Å². The standard InChI is InChI=1S/C8H8O2.C5H7NS/c1-6-2-3-7-8(4-6)10-5-9-7;1-4-3-7-5(2)6-4/h2-4H,5H2,1H3;3H,1-2H3. The largest absolute Gasteiger partial charge is 0.454 e. The molecule has 0 N–H and O–H groups in total. The number of hydrogen-bond acceptors (Lipinski definition) is 4. The lowest BCUT2D eigenvalue weighted by Crippen LogP contribution is -1.92. The fourth-order valence-corrected chi connectivity index (χ4v) is 2.07. The van der Waals surface area contributed by atoms with E-state index >= 15 is 0 Å². The van der Waals surface area contributed by atoms with Gasteiger partial charge in [-0.15, -0.1) is 11.3 Å². The number of benzene rings is 1. The normalized spacial score (nSPS) is 11.9. The molecule has 17 heavy (non-hydrogen) atoms. The third-order valence-electron chi connectivity index (χ3n) is 2.26. The Bertz CT molecular complexity index is 491. The van der Waals surface area contributed by atoms with Gasteiger partial charge >= 0.3 is 0 Å². The minimum Gasteiger partial charge on any atom is -0.454 e. The van der Waals surface area contributed by atoms with Crippen molar-refractivity contribution in [1.82, 2.24) is 4.98 Å². The molecule has 2 aromatic rings. The number of aryl methyl sites for hydroxylation is 3. The van der Waals surface area contributed by atoms with Gasteiger partial charge in [0, 0.05) is 11.1 Å². The Balaban J connectivity index is 0.000000136. The van der Waals surface area contributed by atoms with Crippen molar-refractivity contribution in [3.8, 4) is 11.5 Å². The smallest absolute Gasteiger partial charge is 0.231 e. The summed E-state index contributed by atoms with van der Waals surface area (Å²) in [5.41, 5.74) is 2.33. The Morgan fingerprint density at radius 1 is 1.12 bits per heavy atom. The van der Waals surface area contributed by atoms with E-state index in [1.54, 1.807) is 11.3 Å². The number of aromatic nitrogens is 1. The first-order valence-electron chi connectivity index (χ1n) is 5.40. The van der Waals surface area contributed by atoms with Gasteiger partial charge in [0.1, 0.15) is 0 Å². The molecule has 0 radical (unpaired) electrons. The molecule has 0 atom stereocenters. The lowest BCUT2D eigenvalue weighted by atomic mass is 10.2. The fraction of sp³-hybridized carbons (Fsp3) is 0.308. The van der Waals surface area contributed by atoms with E-state index < -0.39 is 0 Å². The van der Waals surface area contributed by atoms with Crippen molar-refractivity contribution in [2.75, 3.05) is 6.79 Å². The molecule has 0 amide bonds. The molecular formula is C13H15NO2S. The van der Waals surface area contributed by atoms with Gasteiger partial charge in [-0.25, -0.2) is 4.98 Å². The van der Waals surface area contributed by atoms with Crippen LogP contribution in [0, 0.1) is 20.8 Å². The van der Waals surface area contributed by atoms with E-state index in [1.165, 1.54) is 5.56 Å². The highest BCUT2D eigenvalue weighted by molar-refractivity contribution is 7.09. The summed E-state index contributed by atoms with van der Waals surface area (Å²) in [5, 5.41) is 3.20. The minimum absolute atomic E-state index is 0.360. The third kappa shape index (κ3) is 3.20. The summed E-state index contributed by atoms with van der Waals surface area (Å²) in [6.45, 7) is 6.40. The summed E-state index contributed by atoms with van der Waals surface area (Å²) in [5.74, 6) is 1.71. The van der Waals surface area contributed by atoms with E-state index in [0.717, 1.165) is 22.2 Å². The van der Waals surface area contributed by atoms with Crippen molar-refractivity contribution in [1.29, 1.82) is 0 Å². The Labute approximate surface area is 105 Å². The second-order valence-corrected chi connectivity index (χ2v) is 4.93. The number of fused-ring (bicyclic) bond motifs is 1. The van der Waals surface area contributed by atoms with Crippen LogP contribution in [0.3, 0.4) is 0 Å². The van der Waals surface area contributed by atoms with E-state index in [0.29, 0.717) is 6.79 Å².